The van der Waals surface area contributed by atoms with E-state index in [9.17, 15) is 4.79 Å². The molecule has 0 radical (unpaired) electrons. The monoisotopic (exact) mass is 228 g/mol. The van der Waals surface area contributed by atoms with E-state index in [1.807, 2.05) is 19.1 Å². The third kappa shape index (κ3) is 1.50. The van der Waals surface area contributed by atoms with Gasteiger partial charge in [0.2, 0.25) is 0 Å². The Kier molecular flexibility index (Phi) is 2.01. The maximum absolute atomic E-state index is 11.0. The number of furan rings is 1. The van der Waals surface area contributed by atoms with Crippen LogP contribution in [-0.4, -0.2) is 26.5 Å². The zero-order valence-corrected chi connectivity index (χ0v) is 8.99. The fraction of sp³-hybridized carbons (Fsp3) is 0.0909. The fourth-order valence-corrected chi connectivity index (χ4v) is 1.79. The molecule has 1 aromatic carbocycles. The summed E-state index contributed by atoms with van der Waals surface area (Å²) >= 11 is 0. The molecule has 0 fully saturated rings. The van der Waals surface area contributed by atoms with Crippen LogP contribution in [0.25, 0.3) is 16.7 Å². The summed E-state index contributed by atoms with van der Waals surface area (Å²) in [6.45, 7) is 1.84. The highest BCUT2D eigenvalue weighted by molar-refractivity contribution is 5.96. The molecular formula is C11H8N4O2. The lowest BCUT2D eigenvalue weighted by Gasteiger charge is -2.00. The zero-order valence-electron chi connectivity index (χ0n) is 8.99. The number of carbonyl (C=O) groups is 1. The van der Waals surface area contributed by atoms with Gasteiger partial charge in [-0.3, -0.25) is 4.79 Å². The van der Waals surface area contributed by atoms with Crippen LogP contribution in [0.5, 0.6) is 0 Å². The molecular weight excluding hydrogens is 220 g/mol. The third-order valence-corrected chi connectivity index (χ3v) is 2.49. The Bertz CT molecular complexity index is 685. The predicted octanol–water partition coefficient (Wildman–Crippen LogP) is 1.53. The number of aryl methyl sites for hydroxylation is 1. The van der Waals surface area contributed by atoms with Crippen molar-refractivity contribution in [1.29, 1.82) is 0 Å². The molecule has 0 saturated carbocycles. The van der Waals surface area contributed by atoms with Gasteiger partial charge in [-0.2, -0.15) is 0 Å². The van der Waals surface area contributed by atoms with Crippen molar-refractivity contribution in [3.63, 3.8) is 0 Å². The van der Waals surface area contributed by atoms with Crippen molar-refractivity contribution in [3.8, 4) is 5.69 Å². The van der Waals surface area contributed by atoms with Crippen LogP contribution in [0.1, 0.15) is 16.1 Å². The topological polar surface area (TPSA) is 73.8 Å². The van der Waals surface area contributed by atoms with Gasteiger partial charge in [0.25, 0.3) is 0 Å². The molecule has 0 atom stereocenters. The van der Waals surface area contributed by atoms with Gasteiger partial charge in [0, 0.05) is 5.39 Å². The highest BCUT2D eigenvalue weighted by atomic mass is 16.3. The van der Waals surface area contributed by atoms with Crippen LogP contribution in [0, 0.1) is 6.92 Å². The molecule has 2 aromatic heterocycles. The van der Waals surface area contributed by atoms with Crippen molar-refractivity contribution in [1.82, 2.24) is 20.2 Å². The van der Waals surface area contributed by atoms with Gasteiger partial charge in [0.1, 0.15) is 17.7 Å². The molecule has 0 aliphatic rings. The number of benzene rings is 1. The van der Waals surface area contributed by atoms with Gasteiger partial charge in [-0.1, -0.05) is 0 Å². The molecule has 17 heavy (non-hydrogen) atoms. The molecule has 6 heteroatoms. The highest BCUT2D eigenvalue weighted by Gasteiger charge is 2.10. The highest BCUT2D eigenvalue weighted by Crippen LogP contribution is 2.25. The largest absolute Gasteiger partial charge is 0.461 e. The molecule has 0 spiro atoms. The van der Waals surface area contributed by atoms with Crippen molar-refractivity contribution >= 4 is 17.3 Å². The predicted molar refractivity (Wildman–Crippen MR) is 59.1 cm³/mol. The number of hydrogen-bond donors (Lipinski definition) is 0. The number of rotatable bonds is 2. The summed E-state index contributed by atoms with van der Waals surface area (Å²) in [6, 6.07) is 5.43. The average molecular weight is 228 g/mol. The smallest absolute Gasteiger partial charge is 0.153 e. The standard InChI is InChI=1S/C11H8N4O2/c1-7-2-8-3-10(15-6-12-13-14-15)4-9(5-16)11(8)17-7/h2-6H,1H3. The van der Waals surface area contributed by atoms with E-state index in [0.29, 0.717) is 11.1 Å². The first-order chi connectivity index (χ1) is 8.28. The lowest BCUT2D eigenvalue weighted by atomic mass is 10.1. The molecule has 2 heterocycles. The molecule has 6 nitrogen and oxygen atoms in total. The lowest BCUT2D eigenvalue weighted by Crippen LogP contribution is -1.96. The molecule has 0 amide bonds. The Morgan fingerprint density at radius 1 is 1.35 bits per heavy atom. The molecule has 84 valence electrons. The summed E-state index contributed by atoms with van der Waals surface area (Å²) in [5.41, 5.74) is 1.81. The van der Waals surface area contributed by atoms with E-state index < -0.39 is 0 Å². The van der Waals surface area contributed by atoms with Gasteiger partial charge in [-0.15, -0.1) is 5.10 Å². The molecule has 3 aromatic rings. The number of aldehydes is 1. The van der Waals surface area contributed by atoms with Crippen LogP contribution in [0.4, 0.5) is 0 Å². The molecule has 0 N–H and O–H groups in total. The zero-order chi connectivity index (χ0) is 11.8. The number of fused-ring (bicyclic) bond motifs is 1. The van der Waals surface area contributed by atoms with Crippen LogP contribution in [0.3, 0.4) is 0 Å². The second-order valence-corrected chi connectivity index (χ2v) is 3.68. The molecule has 0 aliphatic carbocycles. The molecule has 3 rings (SSSR count). The Morgan fingerprint density at radius 3 is 2.94 bits per heavy atom. The van der Waals surface area contributed by atoms with E-state index >= 15 is 0 Å². The fourth-order valence-electron chi connectivity index (χ4n) is 1.79. The Balaban J connectivity index is 2.31. The minimum absolute atomic E-state index is 0.487. The number of hydrogen-bond acceptors (Lipinski definition) is 5. The Labute approximate surface area is 95.8 Å². The number of nitrogens with zero attached hydrogens (tertiary/aromatic N) is 4. The average Bonchev–Trinajstić information content (AvgIpc) is 2.94. The van der Waals surface area contributed by atoms with E-state index in [0.717, 1.165) is 23.1 Å². The summed E-state index contributed by atoms with van der Waals surface area (Å²) in [5.74, 6) is 0.761. The SMILES string of the molecule is Cc1cc2cc(-n3cnnn3)cc(C=O)c2o1. The van der Waals surface area contributed by atoms with Crippen LogP contribution >= 0.6 is 0 Å². The first-order valence-electron chi connectivity index (χ1n) is 5.00. The van der Waals surface area contributed by atoms with E-state index in [1.54, 1.807) is 6.07 Å². The summed E-state index contributed by atoms with van der Waals surface area (Å²) in [4.78, 5) is 11.0. The normalized spacial score (nSPS) is 10.9. The second-order valence-electron chi connectivity index (χ2n) is 3.68. The molecule has 0 aliphatic heterocycles. The van der Waals surface area contributed by atoms with Crippen molar-refractivity contribution < 1.29 is 9.21 Å². The maximum Gasteiger partial charge on any atom is 0.153 e. The number of carbonyl (C=O) groups excluding carboxylic acids is 1. The molecule has 0 saturated heterocycles. The minimum Gasteiger partial charge on any atom is -0.461 e. The molecule has 0 unspecified atom stereocenters. The maximum atomic E-state index is 11.0. The van der Waals surface area contributed by atoms with E-state index in [-0.39, 0.29) is 0 Å². The van der Waals surface area contributed by atoms with Gasteiger partial charge in [-0.25, -0.2) is 4.68 Å². The van der Waals surface area contributed by atoms with Crippen LogP contribution < -0.4 is 0 Å². The summed E-state index contributed by atoms with van der Waals surface area (Å²) in [5, 5.41) is 11.8. The summed E-state index contributed by atoms with van der Waals surface area (Å²) < 4.78 is 6.96. The Morgan fingerprint density at radius 2 is 2.24 bits per heavy atom. The van der Waals surface area contributed by atoms with Gasteiger partial charge in [0.15, 0.2) is 6.29 Å². The number of tetrazole rings is 1. The van der Waals surface area contributed by atoms with E-state index in [2.05, 4.69) is 15.5 Å². The first-order valence-corrected chi connectivity index (χ1v) is 5.00. The summed E-state index contributed by atoms with van der Waals surface area (Å²) in [6.07, 6.45) is 2.24. The van der Waals surface area contributed by atoms with E-state index in [1.165, 1.54) is 11.0 Å². The van der Waals surface area contributed by atoms with Gasteiger partial charge in [0.05, 0.1) is 11.3 Å². The van der Waals surface area contributed by atoms with Gasteiger partial charge < -0.3 is 4.42 Å². The minimum atomic E-state index is 0.487. The summed E-state index contributed by atoms with van der Waals surface area (Å²) in [7, 11) is 0. The van der Waals surface area contributed by atoms with Crippen molar-refractivity contribution in [2.75, 3.05) is 0 Å². The van der Waals surface area contributed by atoms with Gasteiger partial charge >= 0.3 is 0 Å². The van der Waals surface area contributed by atoms with Gasteiger partial charge in [-0.05, 0) is 35.5 Å². The van der Waals surface area contributed by atoms with Crippen LogP contribution in [-0.2, 0) is 0 Å². The van der Waals surface area contributed by atoms with Crippen LogP contribution in [0.2, 0.25) is 0 Å². The van der Waals surface area contributed by atoms with E-state index in [4.69, 9.17) is 4.42 Å². The number of aromatic nitrogens is 4. The Hall–Kier alpha value is -2.50. The van der Waals surface area contributed by atoms with Crippen molar-refractivity contribution in [3.05, 3.63) is 35.9 Å². The third-order valence-electron chi connectivity index (χ3n) is 2.49. The second kappa shape index (κ2) is 3.51. The molecule has 0 bridgehead atoms. The van der Waals surface area contributed by atoms with Crippen LogP contribution in [0.15, 0.2) is 28.9 Å². The quantitative estimate of drug-likeness (QED) is 0.622. The lowest BCUT2D eigenvalue weighted by molar-refractivity contribution is 0.112. The first kappa shape index (κ1) is 9.71. The van der Waals surface area contributed by atoms with Crippen molar-refractivity contribution in [2.45, 2.75) is 6.92 Å². The van der Waals surface area contributed by atoms with Crippen molar-refractivity contribution in [2.24, 2.45) is 0 Å².